The van der Waals surface area contributed by atoms with Crippen molar-refractivity contribution in [2.24, 2.45) is 11.7 Å². The summed E-state index contributed by atoms with van der Waals surface area (Å²) >= 11 is 5.45. The zero-order valence-electron chi connectivity index (χ0n) is 12.2. The van der Waals surface area contributed by atoms with E-state index in [4.69, 9.17) is 5.73 Å². The maximum absolute atomic E-state index is 6.37. The number of hydrogen-bond donors (Lipinski definition) is 1. The Labute approximate surface area is 134 Å². The predicted octanol–water partition coefficient (Wildman–Crippen LogP) is 4.55. The van der Waals surface area contributed by atoms with Gasteiger partial charge in [0.1, 0.15) is 0 Å². The van der Waals surface area contributed by atoms with Crippen molar-refractivity contribution >= 4 is 27.3 Å². The minimum Gasteiger partial charge on any atom is -0.326 e. The van der Waals surface area contributed by atoms with Crippen molar-refractivity contribution in [1.82, 2.24) is 4.90 Å². The van der Waals surface area contributed by atoms with E-state index in [1.165, 1.54) is 53.7 Å². The van der Waals surface area contributed by atoms with E-state index in [-0.39, 0.29) is 6.04 Å². The zero-order chi connectivity index (χ0) is 14.1. The van der Waals surface area contributed by atoms with E-state index >= 15 is 0 Å². The van der Waals surface area contributed by atoms with Gasteiger partial charge in [0.2, 0.25) is 0 Å². The number of rotatable bonds is 4. The summed E-state index contributed by atoms with van der Waals surface area (Å²) in [6.45, 7) is 3.39. The SMILES string of the molecule is CC(N)C(c1ccc(Br)s1)N1CCCC1C1CCCC1. The first-order chi connectivity index (χ1) is 9.66. The highest BCUT2D eigenvalue weighted by Gasteiger charge is 2.38. The van der Waals surface area contributed by atoms with Crippen LogP contribution in [-0.2, 0) is 0 Å². The summed E-state index contributed by atoms with van der Waals surface area (Å²) in [5.41, 5.74) is 6.37. The van der Waals surface area contributed by atoms with Crippen LogP contribution in [0.3, 0.4) is 0 Å². The third kappa shape index (κ3) is 2.99. The molecular weight excluding hydrogens is 332 g/mol. The molecule has 2 aliphatic rings. The van der Waals surface area contributed by atoms with Crippen LogP contribution in [-0.4, -0.2) is 23.5 Å². The number of halogens is 1. The fourth-order valence-electron chi connectivity index (χ4n) is 4.22. The molecule has 1 aliphatic carbocycles. The van der Waals surface area contributed by atoms with Gasteiger partial charge in [0, 0.05) is 17.0 Å². The molecule has 0 aromatic carbocycles. The Morgan fingerprint density at radius 1 is 1.25 bits per heavy atom. The minimum absolute atomic E-state index is 0.197. The number of nitrogens with two attached hydrogens (primary N) is 1. The van der Waals surface area contributed by atoms with Gasteiger partial charge in [-0.25, -0.2) is 0 Å². The molecule has 112 valence electrons. The lowest BCUT2D eigenvalue weighted by Crippen LogP contribution is -2.44. The normalized spacial score (nSPS) is 28.1. The molecule has 4 heteroatoms. The van der Waals surface area contributed by atoms with Gasteiger partial charge >= 0.3 is 0 Å². The lowest BCUT2D eigenvalue weighted by molar-refractivity contribution is 0.122. The van der Waals surface area contributed by atoms with Crippen LogP contribution in [0.4, 0.5) is 0 Å². The second-order valence-corrected chi connectivity index (χ2v) is 8.93. The number of thiophene rings is 1. The molecule has 2 fully saturated rings. The van der Waals surface area contributed by atoms with Crippen molar-refractivity contribution in [3.8, 4) is 0 Å². The van der Waals surface area contributed by atoms with Crippen molar-refractivity contribution in [3.05, 3.63) is 20.8 Å². The van der Waals surface area contributed by atoms with Crippen molar-refractivity contribution < 1.29 is 0 Å². The van der Waals surface area contributed by atoms with Gasteiger partial charge in [-0.2, -0.15) is 0 Å². The van der Waals surface area contributed by atoms with Crippen LogP contribution in [0.5, 0.6) is 0 Å². The Hall–Kier alpha value is 0.1000. The van der Waals surface area contributed by atoms with Gasteiger partial charge in [-0.05, 0) is 73.1 Å². The van der Waals surface area contributed by atoms with E-state index in [2.05, 4.69) is 39.9 Å². The Kier molecular flexibility index (Phi) is 4.86. The van der Waals surface area contributed by atoms with Crippen LogP contribution < -0.4 is 5.73 Å². The van der Waals surface area contributed by atoms with Crippen LogP contribution >= 0.6 is 27.3 Å². The first-order valence-electron chi connectivity index (χ1n) is 7.93. The van der Waals surface area contributed by atoms with Crippen molar-refractivity contribution in [3.63, 3.8) is 0 Å². The average Bonchev–Trinajstić information content (AvgIpc) is 3.10. The molecule has 1 saturated heterocycles. The molecule has 2 heterocycles. The first-order valence-corrected chi connectivity index (χ1v) is 9.54. The molecule has 1 saturated carbocycles. The summed E-state index contributed by atoms with van der Waals surface area (Å²) in [6, 6.07) is 5.79. The average molecular weight is 357 g/mol. The maximum atomic E-state index is 6.37. The van der Waals surface area contributed by atoms with E-state index in [0.29, 0.717) is 6.04 Å². The molecule has 3 rings (SSSR count). The molecule has 20 heavy (non-hydrogen) atoms. The van der Waals surface area contributed by atoms with Gasteiger partial charge in [-0.3, -0.25) is 4.90 Å². The van der Waals surface area contributed by atoms with Gasteiger partial charge in [-0.1, -0.05) is 12.8 Å². The largest absolute Gasteiger partial charge is 0.326 e. The van der Waals surface area contributed by atoms with Gasteiger partial charge in [0.15, 0.2) is 0 Å². The molecule has 1 aromatic heterocycles. The van der Waals surface area contributed by atoms with Gasteiger partial charge < -0.3 is 5.73 Å². The fraction of sp³-hybridized carbons (Fsp3) is 0.750. The monoisotopic (exact) mass is 356 g/mol. The highest BCUT2D eigenvalue weighted by Crippen LogP contribution is 2.42. The third-order valence-electron chi connectivity index (χ3n) is 5.03. The number of likely N-dealkylation sites (tertiary alicyclic amines) is 1. The Balaban J connectivity index is 1.82. The zero-order valence-corrected chi connectivity index (χ0v) is 14.6. The molecule has 2 N–H and O–H groups in total. The van der Waals surface area contributed by atoms with E-state index in [1.807, 2.05) is 11.3 Å². The molecule has 0 amide bonds. The second-order valence-electron chi connectivity index (χ2n) is 6.44. The van der Waals surface area contributed by atoms with E-state index in [0.717, 1.165) is 12.0 Å². The van der Waals surface area contributed by atoms with Gasteiger partial charge in [-0.15, -0.1) is 11.3 Å². The van der Waals surface area contributed by atoms with Gasteiger partial charge in [0.05, 0.1) is 9.83 Å². The minimum atomic E-state index is 0.197. The predicted molar refractivity (Wildman–Crippen MR) is 90.1 cm³/mol. The fourth-order valence-corrected chi connectivity index (χ4v) is 5.88. The van der Waals surface area contributed by atoms with Crippen LogP contribution in [0, 0.1) is 5.92 Å². The lowest BCUT2D eigenvalue weighted by atomic mass is 9.94. The quantitative estimate of drug-likeness (QED) is 0.856. The summed E-state index contributed by atoms with van der Waals surface area (Å²) < 4.78 is 1.22. The van der Waals surface area contributed by atoms with Crippen molar-refractivity contribution in [2.75, 3.05) is 6.54 Å². The number of nitrogens with zero attached hydrogens (tertiary/aromatic N) is 1. The van der Waals surface area contributed by atoms with Crippen molar-refractivity contribution in [1.29, 1.82) is 0 Å². The van der Waals surface area contributed by atoms with E-state index in [9.17, 15) is 0 Å². The highest BCUT2D eigenvalue weighted by atomic mass is 79.9. The smallest absolute Gasteiger partial charge is 0.0702 e. The van der Waals surface area contributed by atoms with Gasteiger partial charge in [0.25, 0.3) is 0 Å². The summed E-state index contributed by atoms with van der Waals surface area (Å²) in [4.78, 5) is 4.16. The summed E-state index contributed by atoms with van der Waals surface area (Å²) in [5, 5.41) is 0. The standard InChI is InChI=1S/C16H25BrN2S/c1-11(18)16(14-8-9-15(17)20-14)19-10-4-7-13(19)12-5-2-3-6-12/h8-9,11-13,16H,2-7,10,18H2,1H3. The third-order valence-corrected chi connectivity index (χ3v) is 6.72. The summed E-state index contributed by atoms with van der Waals surface area (Å²) in [7, 11) is 0. The molecule has 0 spiro atoms. The van der Waals surface area contributed by atoms with Crippen LogP contribution in [0.2, 0.25) is 0 Å². The second kappa shape index (κ2) is 6.47. The van der Waals surface area contributed by atoms with Crippen LogP contribution in [0.25, 0.3) is 0 Å². The van der Waals surface area contributed by atoms with Crippen LogP contribution in [0.1, 0.15) is 56.4 Å². The van der Waals surface area contributed by atoms with E-state index in [1.54, 1.807) is 0 Å². The topological polar surface area (TPSA) is 29.3 Å². The lowest BCUT2D eigenvalue weighted by Gasteiger charge is -2.37. The molecule has 1 aromatic rings. The van der Waals surface area contributed by atoms with Crippen molar-refractivity contribution in [2.45, 2.75) is 63.6 Å². The molecule has 2 nitrogen and oxygen atoms in total. The maximum Gasteiger partial charge on any atom is 0.0702 e. The molecule has 0 radical (unpaired) electrons. The first kappa shape index (κ1) is 15.0. The summed E-state index contributed by atoms with van der Waals surface area (Å²) in [5.74, 6) is 0.919. The Morgan fingerprint density at radius 2 is 2.00 bits per heavy atom. The highest BCUT2D eigenvalue weighted by molar-refractivity contribution is 9.11. The molecule has 3 atom stereocenters. The summed E-state index contributed by atoms with van der Waals surface area (Å²) in [6.07, 6.45) is 8.45. The molecule has 0 bridgehead atoms. The number of hydrogen-bond acceptors (Lipinski definition) is 3. The Bertz CT molecular complexity index is 439. The molecule has 3 unspecified atom stereocenters. The molecular formula is C16H25BrN2S. The Morgan fingerprint density at radius 3 is 2.60 bits per heavy atom. The van der Waals surface area contributed by atoms with E-state index < -0.39 is 0 Å². The van der Waals surface area contributed by atoms with Crippen LogP contribution in [0.15, 0.2) is 15.9 Å². The molecule has 1 aliphatic heterocycles.